The van der Waals surface area contributed by atoms with Gasteiger partial charge in [0.25, 0.3) is 11.8 Å². The predicted octanol–water partition coefficient (Wildman–Crippen LogP) is 2.31. The molecule has 0 radical (unpaired) electrons. The zero-order valence-electron chi connectivity index (χ0n) is 17.5. The van der Waals surface area contributed by atoms with E-state index in [-0.39, 0.29) is 44.4 Å². The van der Waals surface area contributed by atoms with Gasteiger partial charge in [0, 0.05) is 38.9 Å². The molecular formula is C20H33NO8. The molecule has 0 spiro atoms. The maximum atomic E-state index is 11.9. The van der Waals surface area contributed by atoms with Crippen LogP contribution in [-0.2, 0) is 38.2 Å². The van der Waals surface area contributed by atoms with Gasteiger partial charge in [0.2, 0.25) is 0 Å². The molecule has 0 N–H and O–H groups in total. The largest absolute Gasteiger partial charge is 0.463 e. The molecule has 0 aromatic heterocycles. The highest BCUT2D eigenvalue weighted by Gasteiger charge is 2.32. The van der Waals surface area contributed by atoms with Gasteiger partial charge >= 0.3 is 11.9 Å². The van der Waals surface area contributed by atoms with Crippen LogP contribution in [0.25, 0.3) is 0 Å². The highest BCUT2D eigenvalue weighted by atomic mass is 16.7. The number of amides is 2. The molecule has 9 nitrogen and oxygen atoms in total. The van der Waals surface area contributed by atoms with Crippen LogP contribution in [0.5, 0.6) is 0 Å². The number of carbonyl (C=O) groups excluding carboxylic acids is 4. The predicted molar refractivity (Wildman–Crippen MR) is 102 cm³/mol. The van der Waals surface area contributed by atoms with Gasteiger partial charge in [-0.2, -0.15) is 0 Å². The topological polar surface area (TPSA) is 108 Å². The standard InChI is InChI=1S/C20H33NO8/c1-3-12-26-14-16(27-13-4-2)15-28-19(24)8-6-5-7-9-20(25)29-21-17(22)10-11-18(21)23/h16H,3-15H2,1-2H3. The lowest BCUT2D eigenvalue weighted by Crippen LogP contribution is -2.31. The van der Waals surface area contributed by atoms with Gasteiger partial charge in [-0.25, -0.2) is 4.79 Å². The number of nitrogens with zero attached hydrogens (tertiary/aromatic N) is 1. The summed E-state index contributed by atoms with van der Waals surface area (Å²) in [5, 5.41) is 0.543. The van der Waals surface area contributed by atoms with E-state index in [0.29, 0.717) is 44.1 Å². The van der Waals surface area contributed by atoms with Crippen molar-refractivity contribution in [3.8, 4) is 0 Å². The molecule has 1 saturated heterocycles. The minimum absolute atomic E-state index is 0.0727. The molecule has 1 rings (SSSR count). The number of ether oxygens (including phenoxy) is 3. The van der Waals surface area contributed by atoms with Gasteiger partial charge in [-0.1, -0.05) is 20.3 Å². The summed E-state index contributed by atoms with van der Waals surface area (Å²) in [5.74, 6) is -1.93. The van der Waals surface area contributed by atoms with E-state index >= 15 is 0 Å². The second-order valence-corrected chi connectivity index (χ2v) is 6.86. The SMILES string of the molecule is CCCOCC(COC(=O)CCCCCC(=O)ON1C(=O)CCC1=O)OCCC. The summed E-state index contributed by atoms with van der Waals surface area (Å²) in [5.41, 5.74) is 0. The van der Waals surface area contributed by atoms with Crippen molar-refractivity contribution in [2.24, 2.45) is 0 Å². The van der Waals surface area contributed by atoms with Crippen LogP contribution in [0.1, 0.15) is 71.6 Å². The van der Waals surface area contributed by atoms with Crippen molar-refractivity contribution < 1.29 is 38.2 Å². The molecule has 9 heteroatoms. The summed E-state index contributed by atoms with van der Waals surface area (Å²) in [4.78, 5) is 51.1. The Balaban J connectivity index is 2.12. The molecule has 2 amide bonds. The maximum absolute atomic E-state index is 11.9. The molecule has 0 aliphatic carbocycles. The summed E-state index contributed by atoms with van der Waals surface area (Å²) in [6.07, 6.45) is 3.68. The Kier molecular flexibility index (Phi) is 12.9. The molecule has 1 aliphatic heterocycles. The summed E-state index contributed by atoms with van der Waals surface area (Å²) >= 11 is 0. The first-order chi connectivity index (χ1) is 14.0. The number of hydrogen-bond acceptors (Lipinski definition) is 8. The van der Waals surface area contributed by atoms with Crippen molar-refractivity contribution in [3.63, 3.8) is 0 Å². The Labute approximate surface area is 171 Å². The minimum Gasteiger partial charge on any atom is -0.463 e. The Hall–Kier alpha value is -2.00. The molecule has 1 fully saturated rings. The summed E-state index contributed by atoms with van der Waals surface area (Å²) in [6.45, 7) is 5.81. The van der Waals surface area contributed by atoms with Crippen LogP contribution < -0.4 is 0 Å². The maximum Gasteiger partial charge on any atom is 0.333 e. The van der Waals surface area contributed by atoms with Crippen LogP contribution in [0.2, 0.25) is 0 Å². The highest BCUT2D eigenvalue weighted by molar-refractivity contribution is 6.01. The van der Waals surface area contributed by atoms with Gasteiger partial charge in [0.05, 0.1) is 6.61 Å². The zero-order chi connectivity index (χ0) is 21.5. The Bertz CT molecular complexity index is 521. The van der Waals surface area contributed by atoms with Gasteiger partial charge in [0.1, 0.15) is 12.7 Å². The third kappa shape index (κ3) is 10.9. The summed E-state index contributed by atoms with van der Waals surface area (Å²) < 4.78 is 16.3. The van der Waals surface area contributed by atoms with Gasteiger partial charge in [0.15, 0.2) is 0 Å². The van der Waals surface area contributed by atoms with Crippen molar-refractivity contribution in [2.45, 2.75) is 77.7 Å². The molecule has 29 heavy (non-hydrogen) atoms. The minimum atomic E-state index is -0.626. The fourth-order valence-electron chi connectivity index (χ4n) is 2.57. The van der Waals surface area contributed by atoms with Crippen LogP contribution in [0.4, 0.5) is 0 Å². The van der Waals surface area contributed by atoms with E-state index in [1.165, 1.54) is 0 Å². The second kappa shape index (κ2) is 14.9. The third-order valence-electron chi connectivity index (χ3n) is 4.10. The smallest absolute Gasteiger partial charge is 0.333 e. The molecule has 166 valence electrons. The lowest BCUT2D eigenvalue weighted by atomic mass is 10.1. The molecule has 0 aromatic carbocycles. The zero-order valence-corrected chi connectivity index (χ0v) is 17.5. The first-order valence-corrected chi connectivity index (χ1v) is 10.4. The van der Waals surface area contributed by atoms with E-state index < -0.39 is 17.8 Å². The molecule has 0 saturated carbocycles. The first-order valence-electron chi connectivity index (χ1n) is 10.4. The van der Waals surface area contributed by atoms with Gasteiger partial charge in [-0.05, 0) is 25.7 Å². The van der Waals surface area contributed by atoms with Crippen LogP contribution in [-0.4, -0.2) is 61.3 Å². The van der Waals surface area contributed by atoms with E-state index in [2.05, 4.69) is 0 Å². The average Bonchev–Trinajstić information content (AvgIpc) is 3.01. The van der Waals surface area contributed by atoms with Crippen molar-refractivity contribution in [3.05, 3.63) is 0 Å². The molecule has 1 heterocycles. The molecule has 1 aliphatic rings. The van der Waals surface area contributed by atoms with E-state index in [1.54, 1.807) is 0 Å². The van der Waals surface area contributed by atoms with Crippen LogP contribution in [0.15, 0.2) is 0 Å². The number of carbonyl (C=O) groups is 4. The number of esters is 1. The quantitative estimate of drug-likeness (QED) is 0.215. The number of unbranched alkanes of at least 4 members (excludes halogenated alkanes) is 2. The van der Waals surface area contributed by atoms with E-state index in [9.17, 15) is 19.2 Å². The normalized spacial score (nSPS) is 14.9. The first kappa shape index (κ1) is 25.0. The lowest BCUT2D eigenvalue weighted by molar-refractivity contribution is -0.197. The van der Waals surface area contributed by atoms with Crippen molar-refractivity contribution in [2.75, 3.05) is 26.4 Å². The van der Waals surface area contributed by atoms with Gasteiger partial charge in [-0.15, -0.1) is 5.06 Å². The van der Waals surface area contributed by atoms with Crippen molar-refractivity contribution in [1.29, 1.82) is 0 Å². The lowest BCUT2D eigenvalue weighted by Gasteiger charge is -2.17. The monoisotopic (exact) mass is 415 g/mol. The Morgan fingerprint density at radius 3 is 2.14 bits per heavy atom. The summed E-state index contributed by atoms with van der Waals surface area (Å²) in [6, 6.07) is 0. The number of hydroxylamine groups is 2. The second-order valence-electron chi connectivity index (χ2n) is 6.86. The number of imide groups is 1. The van der Waals surface area contributed by atoms with Gasteiger partial charge < -0.3 is 19.0 Å². The fourth-order valence-corrected chi connectivity index (χ4v) is 2.57. The molecule has 1 atom stereocenters. The molecule has 0 aromatic rings. The van der Waals surface area contributed by atoms with Gasteiger partial charge in [-0.3, -0.25) is 14.4 Å². The highest BCUT2D eigenvalue weighted by Crippen LogP contribution is 2.13. The van der Waals surface area contributed by atoms with Crippen LogP contribution in [0, 0.1) is 0 Å². The van der Waals surface area contributed by atoms with Crippen molar-refractivity contribution >= 4 is 23.8 Å². The van der Waals surface area contributed by atoms with Crippen LogP contribution in [0.3, 0.4) is 0 Å². The van der Waals surface area contributed by atoms with E-state index in [1.807, 2.05) is 13.8 Å². The van der Waals surface area contributed by atoms with E-state index in [0.717, 1.165) is 12.8 Å². The Morgan fingerprint density at radius 2 is 1.52 bits per heavy atom. The third-order valence-corrected chi connectivity index (χ3v) is 4.10. The molecule has 1 unspecified atom stereocenters. The van der Waals surface area contributed by atoms with Crippen molar-refractivity contribution in [1.82, 2.24) is 5.06 Å². The van der Waals surface area contributed by atoms with Crippen LogP contribution >= 0.6 is 0 Å². The fraction of sp³-hybridized carbons (Fsp3) is 0.800. The Morgan fingerprint density at radius 1 is 0.897 bits per heavy atom. The summed E-state index contributed by atoms with van der Waals surface area (Å²) in [7, 11) is 0. The molecule has 0 bridgehead atoms. The number of hydrogen-bond donors (Lipinski definition) is 0. The number of rotatable bonds is 16. The molecular weight excluding hydrogens is 382 g/mol. The average molecular weight is 415 g/mol. The van der Waals surface area contributed by atoms with E-state index in [4.69, 9.17) is 19.0 Å².